The topological polar surface area (TPSA) is 0 Å². The van der Waals surface area contributed by atoms with Gasteiger partial charge in [0.2, 0.25) is 0 Å². The third kappa shape index (κ3) is 5.19. The molecule has 0 aliphatic heterocycles. The van der Waals surface area contributed by atoms with Gasteiger partial charge in [0.1, 0.15) is 0 Å². The van der Waals surface area contributed by atoms with Crippen LogP contribution >= 0.6 is 0 Å². The summed E-state index contributed by atoms with van der Waals surface area (Å²) in [6.45, 7) is 0.813. The average Bonchev–Trinajstić information content (AvgIpc) is 2.07. The van der Waals surface area contributed by atoms with Crippen LogP contribution in [0.4, 0.5) is 12.9 Å². The largest absolute Gasteiger partial charge is 1.00 e. The summed E-state index contributed by atoms with van der Waals surface area (Å²) in [5, 5.41) is 0. The molecule has 82 valence electrons. The molecule has 0 N–H and O–H groups in total. The summed E-state index contributed by atoms with van der Waals surface area (Å²) < 4.78 is 36.1. The van der Waals surface area contributed by atoms with Crippen molar-refractivity contribution in [2.75, 3.05) is 0 Å². The molecule has 1 rings (SSSR count). The molecule has 0 atom stereocenters. The molecule has 5 heteroatoms. The Kier molecular flexibility index (Phi) is 6.58. The minimum Gasteiger partial charge on any atom is -0.445 e. The van der Waals surface area contributed by atoms with Crippen LogP contribution in [-0.2, 0) is 0 Å². The molecule has 0 aromatic heterocycles. The van der Waals surface area contributed by atoms with Gasteiger partial charge in [-0.05, 0) is 43.0 Å². The second kappa shape index (κ2) is 6.40. The first-order valence-electron chi connectivity index (χ1n) is 4.76. The fourth-order valence-corrected chi connectivity index (χ4v) is 1.38. The molecular weight excluding hydrogens is 239 g/mol. The average molecular weight is 252 g/mol. The number of benzene rings is 1. The van der Waals surface area contributed by atoms with Gasteiger partial charge in [0.15, 0.2) is 0 Å². The summed E-state index contributed by atoms with van der Waals surface area (Å²) in [6, 6.07) is 3.68. The van der Waals surface area contributed by atoms with Crippen LogP contribution in [0.5, 0.6) is 0 Å². The molecule has 0 aliphatic rings. The van der Waals surface area contributed by atoms with E-state index in [9.17, 15) is 12.9 Å². The summed E-state index contributed by atoms with van der Waals surface area (Å²) in [5.74, 6) is 0.330. The van der Waals surface area contributed by atoms with Gasteiger partial charge in [0.25, 0.3) is 0 Å². The van der Waals surface area contributed by atoms with E-state index in [1.165, 1.54) is 0 Å². The Morgan fingerprint density at radius 2 is 1.44 bits per heavy atom. The van der Waals surface area contributed by atoms with Gasteiger partial charge in [0, 0.05) is 0 Å². The SMILES string of the molecule is Cc1cc(C)c(/C=C/[B-](F)(F)F)cc1C.[K+]. The first-order chi connectivity index (χ1) is 6.79. The van der Waals surface area contributed by atoms with Crippen LogP contribution in [0, 0.1) is 20.8 Å². The third-order valence-corrected chi connectivity index (χ3v) is 2.38. The fraction of sp³-hybridized carbons (Fsp3) is 0.273. The third-order valence-electron chi connectivity index (χ3n) is 2.38. The first kappa shape index (κ1) is 16.5. The monoisotopic (exact) mass is 252 g/mol. The van der Waals surface area contributed by atoms with Gasteiger partial charge in [-0.2, -0.15) is 0 Å². The molecule has 0 saturated carbocycles. The van der Waals surface area contributed by atoms with Crippen molar-refractivity contribution in [3.05, 3.63) is 40.4 Å². The van der Waals surface area contributed by atoms with Crippen molar-refractivity contribution < 1.29 is 64.3 Å². The Balaban J connectivity index is 0.00000225. The molecule has 0 aliphatic carbocycles. The van der Waals surface area contributed by atoms with Gasteiger partial charge < -0.3 is 12.9 Å². The van der Waals surface area contributed by atoms with E-state index in [2.05, 4.69) is 0 Å². The smallest absolute Gasteiger partial charge is 0.445 e. The van der Waals surface area contributed by atoms with E-state index >= 15 is 0 Å². The van der Waals surface area contributed by atoms with Crippen LogP contribution in [-0.4, -0.2) is 6.98 Å². The maximum atomic E-state index is 12.0. The molecule has 0 heterocycles. The molecule has 1 aromatic carbocycles. The minimum atomic E-state index is -4.84. The number of hydrogen-bond donors (Lipinski definition) is 0. The van der Waals surface area contributed by atoms with Crippen LogP contribution in [0.2, 0.25) is 0 Å². The zero-order chi connectivity index (χ0) is 11.6. The van der Waals surface area contributed by atoms with Crippen LogP contribution in [0.3, 0.4) is 0 Å². The van der Waals surface area contributed by atoms with E-state index in [0.29, 0.717) is 11.5 Å². The molecule has 0 radical (unpaired) electrons. The summed E-state index contributed by atoms with van der Waals surface area (Å²) in [5.41, 5.74) is 3.61. The number of halogens is 3. The van der Waals surface area contributed by atoms with E-state index in [-0.39, 0.29) is 51.4 Å². The van der Waals surface area contributed by atoms with E-state index in [0.717, 1.165) is 22.8 Å². The zero-order valence-electron chi connectivity index (χ0n) is 10.0. The molecule has 0 spiro atoms. The molecular formula is C11H13BF3K. The standard InChI is InChI=1S/C11H13BF3.K/c1-8-6-10(3)11(7-9(8)2)4-5-12(13,14)15;/h4-7H,1-3H3;/q-1;+1/b5-4+;. The molecule has 1 aromatic rings. The van der Waals surface area contributed by atoms with E-state index in [1.807, 2.05) is 26.8 Å². The van der Waals surface area contributed by atoms with Gasteiger partial charge in [0.05, 0.1) is 0 Å². The maximum Gasteiger partial charge on any atom is 1.00 e. The molecule has 0 unspecified atom stereocenters. The van der Waals surface area contributed by atoms with Crippen molar-refractivity contribution >= 4 is 13.1 Å². The molecule has 0 amide bonds. The Bertz CT molecular complexity index is 397. The van der Waals surface area contributed by atoms with Crippen molar-refractivity contribution in [1.29, 1.82) is 0 Å². The van der Waals surface area contributed by atoms with Crippen LogP contribution < -0.4 is 51.4 Å². The van der Waals surface area contributed by atoms with Crippen molar-refractivity contribution in [3.63, 3.8) is 0 Å². The van der Waals surface area contributed by atoms with Gasteiger partial charge in [-0.1, -0.05) is 18.2 Å². The summed E-state index contributed by atoms with van der Waals surface area (Å²) >= 11 is 0. The zero-order valence-corrected chi connectivity index (χ0v) is 13.1. The Hall–Kier alpha value is 0.451. The quantitative estimate of drug-likeness (QED) is 0.689. The Labute approximate surface area is 137 Å². The van der Waals surface area contributed by atoms with Crippen molar-refractivity contribution in [2.45, 2.75) is 20.8 Å². The molecule has 0 nitrogen and oxygen atoms in total. The van der Waals surface area contributed by atoms with Gasteiger partial charge in [-0.15, -0.1) is 5.98 Å². The van der Waals surface area contributed by atoms with Gasteiger partial charge in [-0.3, -0.25) is 0 Å². The van der Waals surface area contributed by atoms with E-state index < -0.39 is 6.98 Å². The number of hydrogen-bond acceptors (Lipinski definition) is 0. The summed E-state index contributed by atoms with van der Waals surface area (Å²) in [4.78, 5) is 0. The molecule has 0 saturated heterocycles. The van der Waals surface area contributed by atoms with E-state index in [4.69, 9.17) is 0 Å². The second-order valence-corrected chi connectivity index (χ2v) is 3.78. The van der Waals surface area contributed by atoms with Gasteiger partial charge >= 0.3 is 58.4 Å². The molecule has 0 fully saturated rings. The predicted molar refractivity (Wildman–Crippen MR) is 58.8 cm³/mol. The van der Waals surface area contributed by atoms with Crippen molar-refractivity contribution in [2.24, 2.45) is 0 Å². The summed E-state index contributed by atoms with van der Waals surface area (Å²) in [6.07, 6.45) is 1.14. The Morgan fingerprint density at radius 1 is 0.938 bits per heavy atom. The van der Waals surface area contributed by atoms with Crippen LogP contribution in [0.1, 0.15) is 22.3 Å². The predicted octanol–water partition coefficient (Wildman–Crippen LogP) is 1.02. The fourth-order valence-electron chi connectivity index (χ4n) is 1.38. The Morgan fingerprint density at radius 3 is 1.94 bits per heavy atom. The molecule has 0 bridgehead atoms. The number of aryl methyl sites for hydroxylation is 3. The van der Waals surface area contributed by atoms with E-state index in [1.54, 1.807) is 6.07 Å². The van der Waals surface area contributed by atoms with Crippen molar-refractivity contribution in [1.82, 2.24) is 0 Å². The normalized spacial score (nSPS) is 11.6. The van der Waals surface area contributed by atoms with Crippen LogP contribution in [0.15, 0.2) is 18.1 Å². The molecule has 16 heavy (non-hydrogen) atoms. The second-order valence-electron chi connectivity index (χ2n) is 3.78. The van der Waals surface area contributed by atoms with Gasteiger partial charge in [-0.25, -0.2) is 0 Å². The minimum absolute atomic E-state index is 0. The number of rotatable bonds is 2. The first-order valence-corrected chi connectivity index (χ1v) is 4.76. The van der Waals surface area contributed by atoms with Crippen molar-refractivity contribution in [3.8, 4) is 0 Å². The maximum absolute atomic E-state index is 12.0. The summed E-state index contributed by atoms with van der Waals surface area (Å²) in [7, 11) is 0. The van der Waals surface area contributed by atoms with Crippen LogP contribution in [0.25, 0.3) is 6.08 Å².